The molecule has 0 atom stereocenters. The van der Waals surface area contributed by atoms with Crippen LogP contribution in [0.15, 0.2) is 11.2 Å². The molecule has 1 aromatic rings. The lowest BCUT2D eigenvalue weighted by atomic mass is 10.3. The summed E-state index contributed by atoms with van der Waals surface area (Å²) >= 11 is 10.7. The largest absolute Gasteiger partial charge is 0.393 e. The fourth-order valence-electron chi connectivity index (χ4n) is 1.68. The number of hydrogen-bond donors (Lipinski definition) is 1. The summed E-state index contributed by atoms with van der Waals surface area (Å²) in [5.41, 5.74) is 5.43. The first-order chi connectivity index (χ1) is 8.67. The Labute approximate surface area is 123 Å². The Morgan fingerprint density at radius 3 is 2.58 bits per heavy atom. The zero-order valence-electron chi connectivity index (χ0n) is 11.0. The van der Waals surface area contributed by atoms with Crippen LogP contribution in [-0.2, 0) is 17.1 Å². The average molecular weight is 325 g/mol. The van der Waals surface area contributed by atoms with Crippen LogP contribution < -0.4 is 5.73 Å². The van der Waals surface area contributed by atoms with E-state index in [9.17, 15) is 8.42 Å². The molecule has 2 N–H and O–H groups in total. The van der Waals surface area contributed by atoms with Crippen molar-refractivity contribution < 1.29 is 8.42 Å². The van der Waals surface area contributed by atoms with Crippen LogP contribution in [0.1, 0.15) is 20.3 Å². The molecule has 0 aliphatic heterocycles. The maximum atomic E-state index is 12.6. The summed E-state index contributed by atoms with van der Waals surface area (Å²) in [6.45, 7) is 3.78. The molecule has 0 radical (unpaired) electrons. The lowest BCUT2D eigenvalue weighted by Crippen LogP contribution is -2.39. The number of aryl methyl sites for hydroxylation is 1. The number of sulfonamides is 1. The van der Waals surface area contributed by atoms with Crippen LogP contribution in [0.3, 0.4) is 0 Å². The Kier molecular flexibility index (Phi) is 5.31. The molecule has 0 aromatic carbocycles. The summed E-state index contributed by atoms with van der Waals surface area (Å²) < 4.78 is 27.7. The fourth-order valence-corrected chi connectivity index (χ4v) is 4.02. The van der Waals surface area contributed by atoms with Gasteiger partial charge in [0.15, 0.2) is 5.03 Å². The first kappa shape index (κ1) is 16.4. The van der Waals surface area contributed by atoms with Crippen molar-refractivity contribution in [2.24, 2.45) is 12.8 Å². The van der Waals surface area contributed by atoms with Crippen LogP contribution in [0.5, 0.6) is 0 Å². The third-order valence-corrected chi connectivity index (χ3v) is 5.34. The zero-order chi connectivity index (χ0) is 14.8. The summed E-state index contributed by atoms with van der Waals surface area (Å²) in [7, 11) is -2.19. The molecular formula is C10H17ClN4O2S2. The highest BCUT2D eigenvalue weighted by atomic mass is 35.5. The van der Waals surface area contributed by atoms with E-state index in [2.05, 4.69) is 5.10 Å². The summed E-state index contributed by atoms with van der Waals surface area (Å²) in [5, 5.41) is 3.93. The van der Waals surface area contributed by atoms with Gasteiger partial charge in [0.05, 0.1) is 16.2 Å². The fraction of sp³-hybridized carbons (Fsp3) is 0.600. The predicted octanol–water partition coefficient (Wildman–Crippen LogP) is 1.15. The Balaban J connectivity index is 3.17. The molecule has 0 saturated carbocycles. The van der Waals surface area contributed by atoms with Gasteiger partial charge in [0, 0.05) is 26.1 Å². The predicted molar refractivity (Wildman–Crippen MR) is 78.6 cm³/mol. The van der Waals surface area contributed by atoms with Gasteiger partial charge in [0.25, 0.3) is 10.0 Å². The van der Waals surface area contributed by atoms with Crippen molar-refractivity contribution in [1.29, 1.82) is 0 Å². The highest BCUT2D eigenvalue weighted by Crippen LogP contribution is 2.25. The molecule has 0 aliphatic rings. The highest BCUT2D eigenvalue weighted by Gasteiger charge is 2.31. The van der Waals surface area contributed by atoms with Gasteiger partial charge in [0.2, 0.25) is 0 Å². The first-order valence-corrected chi connectivity index (χ1v) is 7.88. The Bertz CT molecular complexity index is 549. The number of halogens is 1. The SMILES string of the molecule is CC(C)N(CCC(N)=S)S(=O)(=O)c1c(Cl)cnn1C. The second-order valence-corrected chi connectivity index (χ2v) is 7.08. The van der Waals surface area contributed by atoms with E-state index < -0.39 is 10.0 Å². The van der Waals surface area contributed by atoms with E-state index in [1.807, 2.05) is 0 Å². The van der Waals surface area contributed by atoms with Crippen molar-refractivity contribution in [3.8, 4) is 0 Å². The lowest BCUT2D eigenvalue weighted by Gasteiger charge is -2.25. The number of rotatable bonds is 6. The van der Waals surface area contributed by atoms with E-state index in [1.165, 1.54) is 22.2 Å². The van der Waals surface area contributed by atoms with Gasteiger partial charge in [-0.15, -0.1) is 0 Å². The molecule has 9 heteroatoms. The molecule has 0 aliphatic carbocycles. The van der Waals surface area contributed by atoms with Gasteiger partial charge in [-0.3, -0.25) is 4.68 Å². The average Bonchev–Trinajstić information content (AvgIpc) is 2.57. The molecule has 6 nitrogen and oxygen atoms in total. The Morgan fingerprint density at radius 1 is 1.63 bits per heavy atom. The molecule has 0 fully saturated rings. The topological polar surface area (TPSA) is 81.2 Å². The van der Waals surface area contributed by atoms with E-state index in [-0.39, 0.29) is 27.6 Å². The van der Waals surface area contributed by atoms with Crippen molar-refractivity contribution in [1.82, 2.24) is 14.1 Å². The normalized spacial score (nSPS) is 12.3. The molecule has 0 bridgehead atoms. The Morgan fingerprint density at radius 2 is 2.21 bits per heavy atom. The second kappa shape index (κ2) is 6.17. The number of thiocarbonyl (C=S) groups is 1. The minimum atomic E-state index is -3.73. The smallest absolute Gasteiger partial charge is 0.261 e. The summed E-state index contributed by atoms with van der Waals surface area (Å²) in [6, 6.07) is -0.231. The summed E-state index contributed by atoms with van der Waals surface area (Å²) in [6.07, 6.45) is 1.63. The molecule has 1 heterocycles. The van der Waals surface area contributed by atoms with Crippen LogP contribution in [0, 0.1) is 0 Å². The molecule has 0 amide bonds. The van der Waals surface area contributed by atoms with Gasteiger partial charge < -0.3 is 5.73 Å². The van der Waals surface area contributed by atoms with Gasteiger partial charge in [-0.25, -0.2) is 8.42 Å². The van der Waals surface area contributed by atoms with Crippen molar-refractivity contribution >= 4 is 38.8 Å². The van der Waals surface area contributed by atoms with E-state index in [1.54, 1.807) is 13.8 Å². The third kappa shape index (κ3) is 3.65. The van der Waals surface area contributed by atoms with E-state index in [4.69, 9.17) is 29.6 Å². The summed E-state index contributed by atoms with van der Waals surface area (Å²) in [5.74, 6) is 0. The standard InChI is InChI=1S/C10H17ClN4O2S2/c1-7(2)15(5-4-9(12)18)19(16,17)10-8(11)6-13-14(10)3/h6-7H,4-5H2,1-3H3,(H2,12,18). The number of aromatic nitrogens is 2. The third-order valence-electron chi connectivity index (χ3n) is 2.55. The van der Waals surface area contributed by atoms with Crippen molar-refractivity contribution in [2.75, 3.05) is 6.54 Å². The molecule has 0 unspecified atom stereocenters. The first-order valence-electron chi connectivity index (χ1n) is 5.65. The highest BCUT2D eigenvalue weighted by molar-refractivity contribution is 7.89. The van der Waals surface area contributed by atoms with Crippen LogP contribution >= 0.6 is 23.8 Å². The van der Waals surface area contributed by atoms with Crippen LogP contribution in [0.25, 0.3) is 0 Å². The van der Waals surface area contributed by atoms with E-state index >= 15 is 0 Å². The number of nitrogens with two attached hydrogens (primary N) is 1. The van der Waals surface area contributed by atoms with Crippen molar-refractivity contribution in [2.45, 2.75) is 31.3 Å². The zero-order valence-corrected chi connectivity index (χ0v) is 13.4. The van der Waals surface area contributed by atoms with Gasteiger partial charge >= 0.3 is 0 Å². The molecule has 1 rings (SSSR count). The van der Waals surface area contributed by atoms with Gasteiger partial charge in [-0.1, -0.05) is 23.8 Å². The van der Waals surface area contributed by atoms with Crippen molar-refractivity contribution in [3.63, 3.8) is 0 Å². The minimum Gasteiger partial charge on any atom is -0.393 e. The van der Waals surface area contributed by atoms with Gasteiger partial charge in [-0.05, 0) is 13.8 Å². The quantitative estimate of drug-likeness (QED) is 0.794. The minimum absolute atomic E-state index is 0.0224. The number of nitrogens with zero attached hydrogens (tertiary/aromatic N) is 3. The molecule has 19 heavy (non-hydrogen) atoms. The second-order valence-electron chi connectivity index (χ2n) is 4.35. The van der Waals surface area contributed by atoms with Crippen molar-refractivity contribution in [3.05, 3.63) is 11.2 Å². The van der Waals surface area contributed by atoms with E-state index in [0.717, 1.165) is 0 Å². The lowest BCUT2D eigenvalue weighted by molar-refractivity contribution is 0.358. The maximum absolute atomic E-state index is 12.6. The molecule has 108 valence electrons. The molecule has 0 spiro atoms. The van der Waals surface area contributed by atoms with Gasteiger partial charge in [0.1, 0.15) is 0 Å². The van der Waals surface area contributed by atoms with E-state index in [0.29, 0.717) is 6.42 Å². The number of hydrogen-bond acceptors (Lipinski definition) is 4. The van der Waals surface area contributed by atoms with Gasteiger partial charge in [-0.2, -0.15) is 9.40 Å². The monoisotopic (exact) mass is 324 g/mol. The molecular weight excluding hydrogens is 308 g/mol. The molecule has 0 saturated heterocycles. The van der Waals surface area contributed by atoms with Crippen LogP contribution in [-0.4, -0.2) is 40.1 Å². The van der Waals surface area contributed by atoms with Crippen LogP contribution in [0.2, 0.25) is 5.02 Å². The van der Waals surface area contributed by atoms with Crippen LogP contribution in [0.4, 0.5) is 0 Å². The maximum Gasteiger partial charge on any atom is 0.261 e. The summed E-state index contributed by atoms with van der Waals surface area (Å²) in [4.78, 5) is 0.275. The Hall–Kier alpha value is -0.700. The molecule has 1 aromatic heterocycles.